The van der Waals surface area contributed by atoms with Crippen molar-refractivity contribution in [3.8, 4) is 0 Å². The van der Waals surface area contributed by atoms with Crippen LogP contribution in [-0.2, 0) is 0 Å². The zero-order chi connectivity index (χ0) is 24.9. The minimum absolute atomic E-state index is 0.0525. The van der Waals surface area contributed by atoms with Crippen LogP contribution in [0.15, 0.2) is 65.4 Å². The van der Waals surface area contributed by atoms with Crippen molar-refractivity contribution in [1.82, 2.24) is 0 Å². The smallest absolute Gasteiger partial charge is 0.336 e. The number of hydrogen-bond donors (Lipinski definition) is 1. The van der Waals surface area contributed by atoms with E-state index in [-0.39, 0.29) is 11.1 Å². The number of benzene rings is 2. The van der Waals surface area contributed by atoms with E-state index in [9.17, 15) is 19.8 Å². The fourth-order valence-corrected chi connectivity index (χ4v) is 7.81. The van der Waals surface area contributed by atoms with Gasteiger partial charge in [-0.15, -0.1) is 0 Å². The molecule has 0 spiro atoms. The zero-order valence-electron chi connectivity index (χ0n) is 20.3. The van der Waals surface area contributed by atoms with Crippen molar-refractivity contribution in [3.63, 3.8) is 0 Å². The summed E-state index contributed by atoms with van der Waals surface area (Å²) in [5.74, 6) is -2.58. The molecule has 2 aliphatic rings. The molecule has 2 aromatic carbocycles. The Morgan fingerprint density at radius 1 is 1.00 bits per heavy atom. The van der Waals surface area contributed by atoms with Crippen molar-refractivity contribution in [2.75, 3.05) is 33.1 Å². The Morgan fingerprint density at radius 3 is 2.26 bits per heavy atom. The fourth-order valence-electron chi connectivity index (χ4n) is 4.74. The molecule has 0 radical (unpaired) electrons. The van der Waals surface area contributed by atoms with Gasteiger partial charge in [-0.3, -0.25) is 0 Å². The average molecular weight is 473 g/mol. The summed E-state index contributed by atoms with van der Waals surface area (Å²) in [6.45, 7) is 4.63. The lowest BCUT2D eigenvalue weighted by atomic mass is 9.86. The molecule has 6 nitrogen and oxygen atoms in total. The van der Waals surface area contributed by atoms with Crippen molar-refractivity contribution in [2.45, 2.75) is 13.1 Å². The first-order valence-electron chi connectivity index (χ1n) is 11.0. The number of nitrogens with zero attached hydrogens (tertiary/aromatic N) is 2. The molecule has 2 aromatic rings. The van der Waals surface area contributed by atoms with E-state index in [1.165, 1.54) is 22.5 Å². The number of rotatable bonds is 4. The van der Waals surface area contributed by atoms with Gasteiger partial charge in [-0.05, 0) is 62.5 Å². The zero-order valence-corrected chi connectivity index (χ0v) is 21.3. The van der Waals surface area contributed by atoms with Crippen molar-refractivity contribution in [3.05, 3.63) is 87.6 Å². The van der Waals surface area contributed by atoms with Crippen LogP contribution in [0.5, 0.6) is 0 Å². The number of aromatic carboxylic acids is 2. The first-order chi connectivity index (χ1) is 15.9. The molecule has 1 aliphatic heterocycles. The molecule has 1 N–H and O–H groups in total. The molecule has 0 aromatic heterocycles. The van der Waals surface area contributed by atoms with Crippen LogP contribution in [0.2, 0.25) is 13.1 Å². The van der Waals surface area contributed by atoms with E-state index >= 15 is 0 Å². The Balaban J connectivity index is 2.13. The summed E-state index contributed by atoms with van der Waals surface area (Å²) in [6.07, 6.45) is 6.32. The van der Waals surface area contributed by atoms with E-state index in [1.807, 2.05) is 40.3 Å². The first-order valence-corrected chi connectivity index (χ1v) is 14.0. The van der Waals surface area contributed by atoms with Crippen LogP contribution < -0.4 is 15.2 Å². The predicted molar refractivity (Wildman–Crippen MR) is 136 cm³/mol. The van der Waals surface area contributed by atoms with E-state index in [1.54, 1.807) is 6.07 Å². The van der Waals surface area contributed by atoms with Gasteiger partial charge in [0.2, 0.25) is 0 Å². The van der Waals surface area contributed by atoms with Gasteiger partial charge in [0.15, 0.2) is 5.71 Å². The topological polar surface area (TPSA) is 83.7 Å². The Morgan fingerprint density at radius 2 is 1.68 bits per heavy atom. The van der Waals surface area contributed by atoms with Gasteiger partial charge in [0.1, 0.15) is 22.2 Å². The Hall–Kier alpha value is -3.71. The number of carbonyl (C=O) groups is 2. The van der Waals surface area contributed by atoms with E-state index < -0.39 is 20.0 Å². The van der Waals surface area contributed by atoms with Crippen LogP contribution in [-0.4, -0.2) is 63.6 Å². The second kappa shape index (κ2) is 8.25. The predicted octanol–water partition coefficient (Wildman–Crippen LogP) is 2.29. The SMILES string of the molecule is CN(C)c1ccc2c(c1)[Si](C)(C)C1=CC(=[N+](C)C)C=CC1=C2c1ccc(C(=O)[O-])cc1C(=O)O. The van der Waals surface area contributed by atoms with Gasteiger partial charge < -0.3 is 19.9 Å². The van der Waals surface area contributed by atoms with Gasteiger partial charge in [-0.2, -0.15) is 0 Å². The number of carboxylic acid groups (broad SMARTS) is 2. The largest absolute Gasteiger partial charge is 0.545 e. The quantitative estimate of drug-likeness (QED) is 0.545. The summed E-state index contributed by atoms with van der Waals surface area (Å²) in [4.78, 5) is 25.7. The molecule has 7 heteroatoms. The molecule has 34 heavy (non-hydrogen) atoms. The number of anilines is 1. The standard InChI is InChI=1S/C27H28N2O4Si/c1-28(2)17-8-11-20-23(14-17)34(5,6)24-15-18(29(3)4)9-12-21(24)25(20)19-10-7-16(26(30)31)13-22(19)27(32)33/h7-15H,1-6H3,(H-,30,31,32,33). The Labute approximate surface area is 200 Å². The lowest BCUT2D eigenvalue weighted by Gasteiger charge is -2.38. The molecule has 0 atom stereocenters. The maximum atomic E-state index is 12.2. The van der Waals surface area contributed by atoms with E-state index in [0.29, 0.717) is 5.56 Å². The van der Waals surface area contributed by atoms with Crippen molar-refractivity contribution >= 4 is 42.2 Å². The Kier molecular flexibility index (Phi) is 5.69. The molecular weight excluding hydrogens is 444 g/mol. The second-order valence-corrected chi connectivity index (χ2v) is 13.9. The minimum Gasteiger partial charge on any atom is -0.545 e. The highest BCUT2D eigenvalue weighted by Gasteiger charge is 2.41. The summed E-state index contributed by atoms with van der Waals surface area (Å²) >= 11 is 0. The lowest BCUT2D eigenvalue weighted by molar-refractivity contribution is -0.462. The molecule has 0 bridgehead atoms. The highest BCUT2D eigenvalue weighted by Crippen LogP contribution is 2.42. The van der Waals surface area contributed by atoms with Crippen LogP contribution in [0.25, 0.3) is 5.57 Å². The normalized spacial score (nSPS) is 15.9. The third kappa shape index (κ3) is 3.72. The van der Waals surface area contributed by atoms with Crippen LogP contribution >= 0.6 is 0 Å². The highest BCUT2D eigenvalue weighted by atomic mass is 28.3. The number of carbonyl (C=O) groups excluding carboxylic acids is 1. The molecule has 1 aliphatic carbocycles. The molecular formula is C27H28N2O4Si. The number of hydrogen-bond acceptors (Lipinski definition) is 4. The van der Waals surface area contributed by atoms with Gasteiger partial charge in [0, 0.05) is 31.9 Å². The van der Waals surface area contributed by atoms with Crippen LogP contribution in [0.4, 0.5) is 5.69 Å². The summed E-state index contributed by atoms with van der Waals surface area (Å²) in [7, 11) is 5.85. The summed E-state index contributed by atoms with van der Waals surface area (Å²) in [6, 6.07) is 10.5. The number of carboxylic acids is 2. The lowest BCUT2D eigenvalue weighted by Crippen LogP contribution is -2.49. The summed E-state index contributed by atoms with van der Waals surface area (Å²) in [5.41, 5.74) is 5.26. The average Bonchev–Trinajstić information content (AvgIpc) is 2.78. The van der Waals surface area contributed by atoms with Gasteiger partial charge in [0.05, 0.1) is 11.5 Å². The molecule has 0 fully saturated rings. The maximum absolute atomic E-state index is 12.2. The number of fused-ring (bicyclic) bond motifs is 2. The third-order valence-corrected chi connectivity index (χ3v) is 10.2. The van der Waals surface area contributed by atoms with Gasteiger partial charge in [-0.25, -0.2) is 9.37 Å². The molecule has 1 heterocycles. The van der Waals surface area contributed by atoms with E-state index in [2.05, 4.69) is 46.9 Å². The Bertz CT molecular complexity index is 1370. The highest BCUT2D eigenvalue weighted by molar-refractivity contribution is 6.98. The first kappa shape index (κ1) is 23.4. The van der Waals surface area contributed by atoms with Crippen LogP contribution in [0, 0.1) is 0 Å². The van der Waals surface area contributed by atoms with Crippen LogP contribution in [0.1, 0.15) is 31.8 Å². The molecule has 0 saturated heterocycles. The summed E-state index contributed by atoms with van der Waals surface area (Å²) < 4.78 is 2.06. The molecule has 174 valence electrons. The van der Waals surface area contributed by atoms with Crippen LogP contribution in [0.3, 0.4) is 0 Å². The molecule has 0 saturated carbocycles. The van der Waals surface area contributed by atoms with Gasteiger partial charge >= 0.3 is 5.97 Å². The van der Waals surface area contributed by atoms with E-state index in [4.69, 9.17) is 0 Å². The molecule has 4 rings (SSSR count). The monoisotopic (exact) mass is 472 g/mol. The third-order valence-electron chi connectivity index (χ3n) is 6.68. The minimum atomic E-state index is -2.16. The maximum Gasteiger partial charge on any atom is 0.336 e. The molecule has 0 unspecified atom stereocenters. The fraction of sp³-hybridized carbons (Fsp3) is 0.222. The number of allylic oxidation sites excluding steroid dienone is 5. The van der Waals surface area contributed by atoms with Crippen molar-refractivity contribution in [2.24, 2.45) is 0 Å². The summed E-state index contributed by atoms with van der Waals surface area (Å²) in [5, 5.41) is 23.9. The van der Waals surface area contributed by atoms with Gasteiger partial charge in [-0.1, -0.05) is 31.3 Å². The second-order valence-electron chi connectivity index (χ2n) is 9.60. The van der Waals surface area contributed by atoms with Crippen molar-refractivity contribution < 1.29 is 24.4 Å². The van der Waals surface area contributed by atoms with Crippen molar-refractivity contribution in [1.29, 1.82) is 0 Å². The molecule has 0 amide bonds. The van der Waals surface area contributed by atoms with Gasteiger partial charge in [0.25, 0.3) is 0 Å². The van der Waals surface area contributed by atoms with E-state index in [0.717, 1.165) is 28.1 Å².